The molecule has 1 heterocycles. The van der Waals surface area contributed by atoms with Gasteiger partial charge in [-0.15, -0.1) is 0 Å². The monoisotopic (exact) mass is 482 g/mol. The van der Waals surface area contributed by atoms with Gasteiger partial charge in [-0.2, -0.15) is 9.49 Å². The summed E-state index contributed by atoms with van der Waals surface area (Å²) in [4.78, 5) is 0.176. The summed E-state index contributed by atoms with van der Waals surface area (Å²) in [6.07, 6.45) is 0. The van der Waals surface area contributed by atoms with Crippen LogP contribution >= 0.6 is 0 Å². The molecule has 0 atom stereocenters. The highest BCUT2D eigenvalue weighted by Gasteiger charge is 2.41. The number of hydrogen-bond donors (Lipinski definition) is 0. The van der Waals surface area contributed by atoms with Gasteiger partial charge in [0.2, 0.25) is 5.95 Å². The van der Waals surface area contributed by atoms with Crippen molar-refractivity contribution in [3.8, 4) is 0 Å². The lowest BCUT2D eigenvalue weighted by Crippen LogP contribution is -2.39. The van der Waals surface area contributed by atoms with E-state index in [2.05, 4.69) is 5.10 Å². The third-order valence-corrected chi connectivity index (χ3v) is 7.72. The molecular formula is C29H23FN2O2S. The van der Waals surface area contributed by atoms with Crippen LogP contribution in [0.3, 0.4) is 0 Å². The number of halogens is 1. The molecule has 0 aliphatic rings. The lowest BCUT2D eigenvalue weighted by Gasteiger charge is -2.36. The molecule has 5 rings (SSSR count). The SMILES string of the molecule is O=S(=O)(Cc1cc(F)n(C(c2ccccc2)(c2ccccc2)c2ccccc2)n1)c1ccccc1. The van der Waals surface area contributed by atoms with E-state index in [-0.39, 0.29) is 10.6 Å². The van der Waals surface area contributed by atoms with E-state index in [1.807, 2.05) is 91.0 Å². The van der Waals surface area contributed by atoms with Crippen molar-refractivity contribution in [1.29, 1.82) is 0 Å². The molecule has 0 aliphatic heterocycles. The number of hydrogen-bond acceptors (Lipinski definition) is 3. The van der Waals surface area contributed by atoms with Crippen LogP contribution < -0.4 is 0 Å². The highest BCUT2D eigenvalue weighted by atomic mass is 32.2. The summed E-state index contributed by atoms with van der Waals surface area (Å²) in [6.45, 7) is 0. The Labute approximate surface area is 204 Å². The van der Waals surface area contributed by atoms with Gasteiger partial charge in [0, 0.05) is 6.07 Å². The first kappa shape index (κ1) is 22.7. The average Bonchev–Trinajstić information content (AvgIpc) is 3.26. The molecule has 1 aromatic heterocycles. The Morgan fingerprint density at radius 1 is 0.657 bits per heavy atom. The minimum atomic E-state index is -3.70. The van der Waals surface area contributed by atoms with Crippen molar-refractivity contribution >= 4 is 9.84 Å². The van der Waals surface area contributed by atoms with Crippen LogP contribution in [0.25, 0.3) is 0 Å². The molecule has 0 saturated carbocycles. The third kappa shape index (κ3) is 4.17. The van der Waals surface area contributed by atoms with Crippen LogP contribution in [0.2, 0.25) is 0 Å². The molecule has 0 bridgehead atoms. The van der Waals surface area contributed by atoms with Gasteiger partial charge < -0.3 is 0 Å². The van der Waals surface area contributed by atoms with Crippen molar-refractivity contribution in [3.05, 3.63) is 156 Å². The first-order chi connectivity index (χ1) is 17.0. The van der Waals surface area contributed by atoms with Crippen LogP contribution in [0.15, 0.2) is 132 Å². The van der Waals surface area contributed by atoms with E-state index in [0.717, 1.165) is 16.7 Å². The number of benzene rings is 4. The van der Waals surface area contributed by atoms with Gasteiger partial charge in [0.15, 0.2) is 9.84 Å². The quantitative estimate of drug-likeness (QED) is 0.274. The molecule has 0 N–H and O–H groups in total. The van der Waals surface area contributed by atoms with Crippen molar-refractivity contribution in [1.82, 2.24) is 9.78 Å². The Kier molecular flexibility index (Phi) is 6.05. The molecule has 0 aliphatic carbocycles. The molecule has 174 valence electrons. The normalized spacial score (nSPS) is 11.9. The molecule has 0 fully saturated rings. The lowest BCUT2D eigenvalue weighted by atomic mass is 9.77. The van der Waals surface area contributed by atoms with E-state index in [0.29, 0.717) is 0 Å². The lowest BCUT2D eigenvalue weighted by molar-refractivity contribution is 0.372. The van der Waals surface area contributed by atoms with Gasteiger partial charge in [-0.25, -0.2) is 13.1 Å². The van der Waals surface area contributed by atoms with Crippen LogP contribution in [0.1, 0.15) is 22.4 Å². The summed E-state index contributed by atoms with van der Waals surface area (Å²) in [5.74, 6) is -1.03. The molecule has 35 heavy (non-hydrogen) atoms. The Morgan fingerprint density at radius 2 is 1.06 bits per heavy atom. The van der Waals surface area contributed by atoms with Gasteiger partial charge in [0.05, 0.1) is 16.3 Å². The van der Waals surface area contributed by atoms with Gasteiger partial charge in [0.1, 0.15) is 5.54 Å². The maximum Gasteiger partial charge on any atom is 0.213 e. The van der Waals surface area contributed by atoms with Crippen molar-refractivity contribution < 1.29 is 12.8 Å². The molecular weight excluding hydrogens is 459 g/mol. The van der Waals surface area contributed by atoms with Crippen LogP contribution in [0.5, 0.6) is 0 Å². The summed E-state index contributed by atoms with van der Waals surface area (Å²) in [7, 11) is -3.70. The summed E-state index contributed by atoms with van der Waals surface area (Å²) in [5, 5.41) is 4.58. The number of sulfone groups is 1. The zero-order chi connectivity index (χ0) is 24.3. The number of rotatable bonds is 7. The average molecular weight is 483 g/mol. The molecule has 0 unspecified atom stereocenters. The summed E-state index contributed by atoms with van der Waals surface area (Å²) in [6, 6.07) is 38.1. The van der Waals surface area contributed by atoms with Crippen LogP contribution in [0, 0.1) is 5.95 Å². The van der Waals surface area contributed by atoms with E-state index in [9.17, 15) is 8.42 Å². The van der Waals surface area contributed by atoms with E-state index in [1.54, 1.807) is 18.2 Å². The standard InChI is InChI=1S/C29H23FN2O2S/c30-28-21-26(22-35(33,34)27-19-11-4-12-20-27)31-32(28)29(23-13-5-1-6-14-23,24-15-7-2-8-16-24)25-17-9-3-10-18-25/h1-21H,22H2. The Morgan fingerprint density at radius 3 is 1.49 bits per heavy atom. The summed E-state index contributed by atoms with van der Waals surface area (Å²) >= 11 is 0. The van der Waals surface area contributed by atoms with Crippen LogP contribution in [0.4, 0.5) is 4.39 Å². The molecule has 0 radical (unpaired) electrons. The summed E-state index contributed by atoms with van der Waals surface area (Å²) in [5.41, 5.74) is 1.40. The molecule has 6 heteroatoms. The van der Waals surface area contributed by atoms with E-state index in [4.69, 9.17) is 0 Å². The second-order valence-corrected chi connectivity index (χ2v) is 10.2. The molecule has 5 aromatic rings. The fourth-order valence-corrected chi connectivity index (χ4v) is 5.79. The minimum Gasteiger partial charge on any atom is -0.223 e. The van der Waals surface area contributed by atoms with Crippen LogP contribution in [-0.2, 0) is 21.1 Å². The minimum absolute atomic E-state index is 0.138. The number of nitrogens with zero attached hydrogens (tertiary/aromatic N) is 2. The first-order valence-corrected chi connectivity index (χ1v) is 12.9. The van der Waals surface area contributed by atoms with E-state index in [1.165, 1.54) is 22.9 Å². The molecule has 4 nitrogen and oxygen atoms in total. The zero-order valence-electron chi connectivity index (χ0n) is 18.8. The Balaban J connectivity index is 1.74. The molecule has 0 amide bonds. The predicted octanol–water partition coefficient (Wildman–Crippen LogP) is 5.84. The summed E-state index contributed by atoms with van der Waals surface area (Å²) < 4.78 is 43.2. The van der Waals surface area contributed by atoms with Crippen LogP contribution in [-0.4, -0.2) is 18.2 Å². The fraction of sp³-hybridized carbons (Fsp3) is 0.0690. The molecule has 0 saturated heterocycles. The number of aromatic nitrogens is 2. The second kappa shape index (κ2) is 9.31. The first-order valence-electron chi connectivity index (χ1n) is 11.2. The largest absolute Gasteiger partial charge is 0.223 e. The third-order valence-electron chi connectivity index (χ3n) is 6.05. The Hall–Kier alpha value is -4.03. The highest BCUT2D eigenvalue weighted by Crippen LogP contribution is 2.41. The van der Waals surface area contributed by atoms with Crippen molar-refractivity contribution in [2.24, 2.45) is 0 Å². The van der Waals surface area contributed by atoms with Gasteiger partial charge in [-0.1, -0.05) is 109 Å². The highest BCUT2D eigenvalue weighted by molar-refractivity contribution is 7.90. The maximum atomic E-state index is 15.8. The van der Waals surface area contributed by atoms with Gasteiger partial charge in [-0.05, 0) is 28.8 Å². The molecule has 4 aromatic carbocycles. The topological polar surface area (TPSA) is 52.0 Å². The fourth-order valence-electron chi connectivity index (χ4n) is 4.52. The van der Waals surface area contributed by atoms with Gasteiger partial charge in [0.25, 0.3) is 0 Å². The van der Waals surface area contributed by atoms with Gasteiger partial charge >= 0.3 is 0 Å². The predicted molar refractivity (Wildman–Crippen MR) is 134 cm³/mol. The van der Waals surface area contributed by atoms with Crippen molar-refractivity contribution in [2.75, 3.05) is 0 Å². The molecule has 0 spiro atoms. The Bertz CT molecular complexity index is 1420. The van der Waals surface area contributed by atoms with E-state index >= 15 is 4.39 Å². The van der Waals surface area contributed by atoms with Crippen molar-refractivity contribution in [3.63, 3.8) is 0 Å². The van der Waals surface area contributed by atoms with Crippen molar-refractivity contribution in [2.45, 2.75) is 16.2 Å². The smallest absolute Gasteiger partial charge is 0.213 e. The second-order valence-electron chi connectivity index (χ2n) is 8.25. The van der Waals surface area contributed by atoms with Gasteiger partial charge in [-0.3, -0.25) is 0 Å². The zero-order valence-corrected chi connectivity index (χ0v) is 19.6. The maximum absolute atomic E-state index is 15.8. The van der Waals surface area contributed by atoms with E-state index < -0.39 is 27.1 Å².